The van der Waals surface area contributed by atoms with E-state index < -0.39 is 0 Å². The second-order valence-electron chi connectivity index (χ2n) is 4.66. The van der Waals surface area contributed by atoms with Crippen LogP contribution in [0.15, 0.2) is 42.9 Å². The molecule has 1 aromatic carbocycles. The molecule has 4 nitrogen and oxygen atoms in total. The summed E-state index contributed by atoms with van der Waals surface area (Å²) in [4.78, 5) is 13.2. The van der Waals surface area contributed by atoms with Crippen molar-refractivity contribution in [2.24, 2.45) is 0 Å². The summed E-state index contributed by atoms with van der Waals surface area (Å²) >= 11 is 0. The van der Waals surface area contributed by atoms with Crippen LogP contribution in [0.2, 0.25) is 0 Å². The molecule has 0 spiro atoms. The molecule has 0 bridgehead atoms. The van der Waals surface area contributed by atoms with Crippen molar-refractivity contribution in [1.29, 1.82) is 0 Å². The zero-order valence-electron chi connectivity index (χ0n) is 11.6. The van der Waals surface area contributed by atoms with Crippen LogP contribution in [0.4, 0.5) is 5.95 Å². The first-order valence-corrected chi connectivity index (χ1v) is 6.70. The summed E-state index contributed by atoms with van der Waals surface area (Å²) < 4.78 is 0. The molecule has 0 amide bonds. The molecule has 2 aromatic heterocycles. The summed E-state index contributed by atoms with van der Waals surface area (Å²) in [6.45, 7) is 4.87. The lowest BCUT2D eigenvalue weighted by Crippen LogP contribution is -2.03. The van der Waals surface area contributed by atoms with E-state index in [4.69, 9.17) is 0 Å². The van der Waals surface area contributed by atoms with Gasteiger partial charge in [0.2, 0.25) is 5.95 Å². The third kappa shape index (κ3) is 2.20. The van der Waals surface area contributed by atoms with Crippen LogP contribution in [0.3, 0.4) is 0 Å². The van der Waals surface area contributed by atoms with Crippen molar-refractivity contribution in [2.75, 3.05) is 11.9 Å². The lowest BCUT2D eigenvalue weighted by molar-refractivity contribution is 1.07. The van der Waals surface area contributed by atoms with Gasteiger partial charge < -0.3 is 5.32 Å². The van der Waals surface area contributed by atoms with E-state index in [9.17, 15) is 0 Å². The highest BCUT2D eigenvalue weighted by atomic mass is 15.1. The second-order valence-corrected chi connectivity index (χ2v) is 4.66. The van der Waals surface area contributed by atoms with Crippen LogP contribution in [0.1, 0.15) is 12.5 Å². The van der Waals surface area contributed by atoms with E-state index in [1.165, 1.54) is 5.39 Å². The summed E-state index contributed by atoms with van der Waals surface area (Å²) in [6, 6.07) is 8.23. The molecule has 0 saturated heterocycles. The summed E-state index contributed by atoms with van der Waals surface area (Å²) in [5.41, 5.74) is 3.10. The van der Waals surface area contributed by atoms with Gasteiger partial charge in [-0.25, -0.2) is 9.97 Å². The van der Waals surface area contributed by atoms with E-state index >= 15 is 0 Å². The van der Waals surface area contributed by atoms with E-state index in [0.29, 0.717) is 5.95 Å². The molecule has 0 aliphatic carbocycles. The Morgan fingerprint density at radius 1 is 1.15 bits per heavy atom. The number of hydrogen-bond donors (Lipinski definition) is 1. The number of fused-ring (bicyclic) bond motifs is 1. The zero-order valence-corrected chi connectivity index (χ0v) is 11.6. The normalized spacial score (nSPS) is 10.7. The first kappa shape index (κ1) is 12.5. The van der Waals surface area contributed by atoms with Crippen molar-refractivity contribution in [3.63, 3.8) is 0 Å². The fourth-order valence-electron chi connectivity index (χ4n) is 2.28. The van der Waals surface area contributed by atoms with Crippen LogP contribution in [-0.2, 0) is 0 Å². The van der Waals surface area contributed by atoms with Crippen molar-refractivity contribution in [2.45, 2.75) is 13.8 Å². The minimum atomic E-state index is 0.661. The van der Waals surface area contributed by atoms with Crippen molar-refractivity contribution < 1.29 is 0 Å². The molecule has 0 aliphatic heterocycles. The van der Waals surface area contributed by atoms with Gasteiger partial charge in [0.15, 0.2) is 0 Å². The highest BCUT2D eigenvalue weighted by Crippen LogP contribution is 2.29. The third-order valence-electron chi connectivity index (χ3n) is 3.25. The Labute approximate surface area is 117 Å². The summed E-state index contributed by atoms with van der Waals surface area (Å²) in [6.07, 6.45) is 5.55. The summed E-state index contributed by atoms with van der Waals surface area (Å²) in [7, 11) is 0. The standard InChI is InChI=1S/C16H16N4/c1-3-18-16-19-9-11(2)15(20-16)13-6-4-5-12-7-8-17-10-14(12)13/h4-10H,3H2,1-2H3,(H,18,19,20). The molecule has 2 heterocycles. The molecule has 0 saturated carbocycles. The number of hydrogen-bond acceptors (Lipinski definition) is 4. The maximum atomic E-state index is 4.63. The van der Waals surface area contributed by atoms with Gasteiger partial charge in [0, 0.05) is 36.1 Å². The number of aryl methyl sites for hydroxylation is 1. The van der Waals surface area contributed by atoms with Gasteiger partial charge >= 0.3 is 0 Å². The van der Waals surface area contributed by atoms with E-state index in [1.54, 1.807) is 0 Å². The Kier molecular flexibility index (Phi) is 3.29. The van der Waals surface area contributed by atoms with Crippen LogP contribution in [-0.4, -0.2) is 21.5 Å². The Morgan fingerprint density at radius 2 is 2.05 bits per heavy atom. The summed E-state index contributed by atoms with van der Waals surface area (Å²) in [5, 5.41) is 5.43. The number of nitrogens with one attached hydrogen (secondary N) is 1. The first-order valence-electron chi connectivity index (χ1n) is 6.70. The van der Waals surface area contributed by atoms with Gasteiger partial charge in [0.1, 0.15) is 0 Å². The van der Waals surface area contributed by atoms with Crippen molar-refractivity contribution in [1.82, 2.24) is 15.0 Å². The molecule has 3 rings (SSSR count). The lowest BCUT2D eigenvalue weighted by Gasteiger charge is -2.10. The van der Waals surface area contributed by atoms with Crippen LogP contribution >= 0.6 is 0 Å². The SMILES string of the molecule is CCNc1ncc(C)c(-c2cccc3ccncc23)n1. The average molecular weight is 264 g/mol. The van der Waals surface area contributed by atoms with Gasteiger partial charge in [-0.1, -0.05) is 18.2 Å². The Balaban J connectivity index is 2.22. The Bertz CT molecular complexity index is 747. The highest BCUT2D eigenvalue weighted by Gasteiger charge is 2.09. The van der Waals surface area contributed by atoms with E-state index in [-0.39, 0.29) is 0 Å². The Morgan fingerprint density at radius 3 is 2.90 bits per heavy atom. The van der Waals surface area contributed by atoms with Crippen LogP contribution < -0.4 is 5.32 Å². The molecular weight excluding hydrogens is 248 g/mol. The molecule has 100 valence electrons. The van der Waals surface area contributed by atoms with Gasteiger partial charge in [0.05, 0.1) is 5.69 Å². The average Bonchev–Trinajstić information content (AvgIpc) is 2.49. The van der Waals surface area contributed by atoms with E-state index in [1.807, 2.05) is 44.6 Å². The maximum absolute atomic E-state index is 4.63. The van der Waals surface area contributed by atoms with Crippen LogP contribution in [0, 0.1) is 6.92 Å². The van der Waals surface area contributed by atoms with Gasteiger partial charge in [-0.3, -0.25) is 4.98 Å². The van der Waals surface area contributed by atoms with E-state index in [0.717, 1.165) is 28.8 Å². The number of nitrogens with zero attached hydrogens (tertiary/aromatic N) is 3. The molecular formula is C16H16N4. The molecule has 20 heavy (non-hydrogen) atoms. The number of aromatic nitrogens is 3. The molecule has 0 radical (unpaired) electrons. The van der Waals surface area contributed by atoms with Crippen LogP contribution in [0.5, 0.6) is 0 Å². The molecule has 0 unspecified atom stereocenters. The van der Waals surface area contributed by atoms with Gasteiger partial charge in [0.25, 0.3) is 0 Å². The minimum Gasteiger partial charge on any atom is -0.354 e. The monoisotopic (exact) mass is 264 g/mol. The van der Waals surface area contributed by atoms with E-state index in [2.05, 4.69) is 32.4 Å². The minimum absolute atomic E-state index is 0.661. The largest absolute Gasteiger partial charge is 0.354 e. The van der Waals surface area contributed by atoms with Crippen molar-refractivity contribution in [3.8, 4) is 11.3 Å². The number of pyridine rings is 1. The van der Waals surface area contributed by atoms with Crippen molar-refractivity contribution in [3.05, 3.63) is 48.4 Å². The van der Waals surface area contributed by atoms with Crippen LogP contribution in [0.25, 0.3) is 22.0 Å². The first-order chi connectivity index (χ1) is 9.79. The fourth-order valence-corrected chi connectivity index (χ4v) is 2.28. The van der Waals surface area contributed by atoms with Gasteiger partial charge in [-0.05, 0) is 30.9 Å². The number of rotatable bonds is 3. The topological polar surface area (TPSA) is 50.7 Å². The second kappa shape index (κ2) is 5.25. The molecule has 1 N–H and O–H groups in total. The smallest absolute Gasteiger partial charge is 0.223 e. The summed E-state index contributed by atoms with van der Waals surface area (Å²) in [5.74, 6) is 0.661. The molecule has 4 heteroatoms. The third-order valence-corrected chi connectivity index (χ3v) is 3.25. The quantitative estimate of drug-likeness (QED) is 0.787. The lowest BCUT2D eigenvalue weighted by atomic mass is 10.0. The highest BCUT2D eigenvalue weighted by molar-refractivity contribution is 5.95. The Hall–Kier alpha value is -2.49. The molecule has 3 aromatic rings. The van der Waals surface area contributed by atoms with Gasteiger partial charge in [-0.15, -0.1) is 0 Å². The number of benzene rings is 1. The van der Waals surface area contributed by atoms with Gasteiger partial charge in [-0.2, -0.15) is 0 Å². The zero-order chi connectivity index (χ0) is 13.9. The fraction of sp³-hybridized carbons (Fsp3) is 0.188. The predicted octanol–water partition coefficient (Wildman–Crippen LogP) is 3.43. The maximum Gasteiger partial charge on any atom is 0.223 e. The predicted molar refractivity (Wildman–Crippen MR) is 81.7 cm³/mol. The molecule has 0 fully saturated rings. The number of anilines is 1. The van der Waals surface area contributed by atoms with Crippen molar-refractivity contribution >= 4 is 16.7 Å². The molecule has 0 atom stereocenters. The molecule has 0 aliphatic rings.